The Morgan fingerprint density at radius 2 is 0.932 bits per heavy atom. The van der Waals surface area contributed by atoms with Crippen molar-refractivity contribution in [2.24, 2.45) is 0 Å². The fraction of sp³-hybridized carbons (Fsp3) is 0. The zero-order chi connectivity index (χ0) is 29.0. The van der Waals surface area contributed by atoms with Gasteiger partial charge in [-0.3, -0.25) is 0 Å². The van der Waals surface area contributed by atoms with E-state index in [0.717, 1.165) is 0 Å². The summed E-state index contributed by atoms with van der Waals surface area (Å²) >= 11 is 1.89. The summed E-state index contributed by atoms with van der Waals surface area (Å²) in [5, 5.41) is 5.19. The minimum Gasteiger partial charge on any atom is -0.309 e. The number of hydrogen-bond acceptors (Lipinski definition) is 1. The molecule has 0 atom stereocenters. The van der Waals surface area contributed by atoms with Crippen LogP contribution in [0.4, 0.5) is 0 Å². The number of rotatable bonds is 4. The summed E-state index contributed by atoms with van der Waals surface area (Å²) in [7, 11) is 0. The Bertz CT molecular complexity index is 2480. The minimum atomic E-state index is 1.17. The first-order valence-corrected chi connectivity index (χ1v) is 15.8. The fourth-order valence-corrected chi connectivity index (χ4v) is 7.95. The van der Waals surface area contributed by atoms with Crippen LogP contribution in [0.15, 0.2) is 164 Å². The van der Waals surface area contributed by atoms with Gasteiger partial charge < -0.3 is 4.57 Å². The van der Waals surface area contributed by atoms with E-state index in [-0.39, 0.29) is 0 Å². The van der Waals surface area contributed by atoms with E-state index < -0.39 is 0 Å². The molecule has 0 aliphatic heterocycles. The maximum atomic E-state index is 2.40. The van der Waals surface area contributed by atoms with Gasteiger partial charge in [0.1, 0.15) is 0 Å². The predicted molar refractivity (Wildman–Crippen MR) is 190 cm³/mol. The van der Waals surface area contributed by atoms with Crippen LogP contribution in [-0.4, -0.2) is 4.57 Å². The average molecular weight is 578 g/mol. The number of aromatic nitrogens is 1. The Labute approximate surface area is 259 Å². The van der Waals surface area contributed by atoms with Crippen LogP contribution in [-0.2, 0) is 0 Å². The fourth-order valence-electron chi connectivity index (χ4n) is 6.71. The second-order valence-electron chi connectivity index (χ2n) is 11.4. The van der Waals surface area contributed by atoms with Gasteiger partial charge >= 0.3 is 0 Å². The van der Waals surface area contributed by atoms with E-state index in [2.05, 4.69) is 168 Å². The number of nitrogens with zero attached hydrogens (tertiary/aromatic N) is 1. The van der Waals surface area contributed by atoms with Crippen molar-refractivity contribution >= 4 is 53.3 Å². The Morgan fingerprint density at radius 1 is 0.364 bits per heavy atom. The van der Waals surface area contributed by atoms with E-state index in [1.165, 1.54) is 81.0 Å². The van der Waals surface area contributed by atoms with E-state index >= 15 is 0 Å². The maximum absolute atomic E-state index is 2.40. The summed E-state index contributed by atoms with van der Waals surface area (Å²) in [6.07, 6.45) is 0. The molecule has 0 aliphatic rings. The Balaban J connectivity index is 1.28. The normalized spacial score (nSPS) is 11.6. The molecule has 0 radical (unpaired) electrons. The second-order valence-corrected chi connectivity index (χ2v) is 12.4. The number of benzene rings is 7. The number of thiophene rings is 1. The first kappa shape index (κ1) is 25.1. The van der Waals surface area contributed by atoms with Crippen molar-refractivity contribution in [1.29, 1.82) is 0 Å². The molecule has 206 valence electrons. The van der Waals surface area contributed by atoms with Gasteiger partial charge in [0.05, 0.1) is 11.0 Å². The number of para-hydroxylation sites is 1. The van der Waals surface area contributed by atoms with Crippen molar-refractivity contribution in [3.63, 3.8) is 0 Å². The third-order valence-electron chi connectivity index (χ3n) is 8.80. The quantitative estimate of drug-likeness (QED) is 0.196. The molecule has 9 rings (SSSR count). The molecule has 7 aromatic carbocycles. The lowest BCUT2D eigenvalue weighted by molar-refractivity contribution is 1.18. The van der Waals surface area contributed by atoms with Crippen LogP contribution < -0.4 is 0 Å². The van der Waals surface area contributed by atoms with Gasteiger partial charge in [-0.15, -0.1) is 11.3 Å². The Kier molecular flexibility index (Phi) is 5.75. The molecule has 0 saturated carbocycles. The standard InChI is InChI=1S/C42H27NS/c1-3-11-28(12-4-1)29-13-9-14-30(25-29)31-21-23-39-37(26-31)38-27-32(22-24-40(38)43(39)33-15-5-2-6-16-33)34-18-10-19-36-35-17-7-8-20-41(35)44-42(34)36/h1-27H. The van der Waals surface area contributed by atoms with E-state index in [4.69, 9.17) is 0 Å². The molecular formula is C42H27NS. The third-order valence-corrected chi connectivity index (χ3v) is 10.0. The molecule has 0 unspecified atom stereocenters. The molecular weight excluding hydrogens is 551 g/mol. The molecule has 0 saturated heterocycles. The molecule has 9 aromatic rings. The highest BCUT2D eigenvalue weighted by molar-refractivity contribution is 7.26. The van der Waals surface area contributed by atoms with Crippen molar-refractivity contribution < 1.29 is 0 Å². The van der Waals surface area contributed by atoms with Gasteiger partial charge in [0.15, 0.2) is 0 Å². The summed E-state index contributed by atoms with van der Waals surface area (Å²) in [6.45, 7) is 0. The van der Waals surface area contributed by atoms with Crippen molar-refractivity contribution in [2.45, 2.75) is 0 Å². The van der Waals surface area contributed by atoms with E-state index in [1.54, 1.807) is 0 Å². The zero-order valence-electron chi connectivity index (χ0n) is 23.9. The highest BCUT2D eigenvalue weighted by Crippen LogP contribution is 2.42. The first-order valence-electron chi connectivity index (χ1n) is 15.0. The van der Waals surface area contributed by atoms with Gasteiger partial charge in [-0.25, -0.2) is 0 Å². The third kappa shape index (κ3) is 4.00. The minimum absolute atomic E-state index is 1.17. The van der Waals surface area contributed by atoms with Crippen molar-refractivity contribution in [3.8, 4) is 39.1 Å². The summed E-state index contributed by atoms with van der Waals surface area (Å²) in [6, 6.07) is 59.6. The topological polar surface area (TPSA) is 4.93 Å². The van der Waals surface area contributed by atoms with Crippen LogP contribution in [0.1, 0.15) is 0 Å². The molecule has 0 amide bonds. The van der Waals surface area contributed by atoms with Crippen LogP contribution in [0.3, 0.4) is 0 Å². The average Bonchev–Trinajstić information content (AvgIpc) is 3.64. The predicted octanol–water partition coefficient (Wildman–Crippen LogP) is 12.2. The van der Waals surface area contributed by atoms with Crippen LogP contribution in [0, 0.1) is 0 Å². The largest absolute Gasteiger partial charge is 0.309 e. The molecule has 2 heteroatoms. The summed E-state index contributed by atoms with van der Waals surface area (Å²) in [5.41, 5.74) is 11.0. The molecule has 2 aromatic heterocycles. The lowest BCUT2D eigenvalue weighted by Crippen LogP contribution is -1.93. The smallest absolute Gasteiger partial charge is 0.0541 e. The van der Waals surface area contributed by atoms with Crippen LogP contribution in [0.2, 0.25) is 0 Å². The molecule has 0 fully saturated rings. The highest BCUT2D eigenvalue weighted by atomic mass is 32.1. The van der Waals surface area contributed by atoms with Gasteiger partial charge in [0, 0.05) is 36.6 Å². The molecule has 44 heavy (non-hydrogen) atoms. The Hall–Kier alpha value is -5.44. The summed E-state index contributed by atoms with van der Waals surface area (Å²) < 4.78 is 5.08. The lowest BCUT2D eigenvalue weighted by atomic mass is 9.97. The summed E-state index contributed by atoms with van der Waals surface area (Å²) in [5.74, 6) is 0. The van der Waals surface area contributed by atoms with Gasteiger partial charge in [-0.2, -0.15) is 0 Å². The van der Waals surface area contributed by atoms with Crippen LogP contribution >= 0.6 is 11.3 Å². The monoisotopic (exact) mass is 577 g/mol. The molecule has 0 spiro atoms. The molecule has 0 bridgehead atoms. The summed E-state index contributed by atoms with van der Waals surface area (Å²) in [4.78, 5) is 0. The van der Waals surface area contributed by atoms with E-state index in [1.807, 2.05) is 11.3 Å². The maximum Gasteiger partial charge on any atom is 0.0541 e. The number of fused-ring (bicyclic) bond motifs is 6. The van der Waals surface area contributed by atoms with Gasteiger partial charge in [-0.05, 0) is 81.9 Å². The highest BCUT2D eigenvalue weighted by Gasteiger charge is 2.16. The van der Waals surface area contributed by atoms with Crippen LogP contribution in [0.25, 0.3) is 81.0 Å². The molecule has 2 heterocycles. The van der Waals surface area contributed by atoms with Crippen molar-refractivity contribution in [3.05, 3.63) is 164 Å². The molecule has 1 nitrogen and oxygen atoms in total. The number of hydrogen-bond donors (Lipinski definition) is 0. The molecule has 0 N–H and O–H groups in total. The zero-order valence-corrected chi connectivity index (χ0v) is 24.8. The van der Waals surface area contributed by atoms with Gasteiger partial charge in [0.2, 0.25) is 0 Å². The van der Waals surface area contributed by atoms with Gasteiger partial charge in [-0.1, -0.05) is 115 Å². The van der Waals surface area contributed by atoms with Crippen LogP contribution in [0.5, 0.6) is 0 Å². The second kappa shape index (κ2) is 10.1. The van der Waals surface area contributed by atoms with E-state index in [0.29, 0.717) is 0 Å². The Morgan fingerprint density at radius 3 is 1.73 bits per heavy atom. The van der Waals surface area contributed by atoms with Crippen molar-refractivity contribution in [2.75, 3.05) is 0 Å². The van der Waals surface area contributed by atoms with E-state index in [9.17, 15) is 0 Å². The van der Waals surface area contributed by atoms with Crippen molar-refractivity contribution in [1.82, 2.24) is 4.57 Å². The lowest BCUT2D eigenvalue weighted by Gasteiger charge is -2.09. The first-order chi connectivity index (χ1) is 21.8. The SMILES string of the molecule is c1ccc(-c2cccc(-c3ccc4c(c3)c3cc(-c5cccc6c5sc5ccccc56)ccc3n4-c3ccccc3)c2)cc1. The molecule has 0 aliphatic carbocycles. The van der Waals surface area contributed by atoms with Gasteiger partial charge in [0.25, 0.3) is 0 Å².